The fourth-order valence-electron chi connectivity index (χ4n) is 3.02. The van der Waals surface area contributed by atoms with Gasteiger partial charge >= 0.3 is 0 Å². The number of anilines is 1. The van der Waals surface area contributed by atoms with E-state index in [1.807, 2.05) is 18.2 Å². The van der Waals surface area contributed by atoms with Gasteiger partial charge in [-0.25, -0.2) is 4.98 Å². The third kappa shape index (κ3) is 2.99. The van der Waals surface area contributed by atoms with E-state index in [-0.39, 0.29) is 28.7 Å². The molecule has 9 heteroatoms. The Balaban J connectivity index is 1.48. The molecule has 0 radical (unpaired) electrons. The lowest BCUT2D eigenvalue weighted by atomic mass is 10.1. The first-order valence-electron chi connectivity index (χ1n) is 8.38. The second-order valence-electron chi connectivity index (χ2n) is 6.12. The molecule has 9 nitrogen and oxygen atoms in total. The Labute approximate surface area is 148 Å². The average molecular weight is 354 g/mol. The number of rotatable bonds is 4. The van der Waals surface area contributed by atoms with E-state index >= 15 is 0 Å². The minimum absolute atomic E-state index is 0.126. The van der Waals surface area contributed by atoms with E-state index < -0.39 is 0 Å². The lowest BCUT2D eigenvalue weighted by Gasteiger charge is -2.09. The highest BCUT2D eigenvalue weighted by molar-refractivity contribution is 6.00. The zero-order chi connectivity index (χ0) is 18.1. The van der Waals surface area contributed by atoms with Crippen molar-refractivity contribution in [1.29, 1.82) is 0 Å². The van der Waals surface area contributed by atoms with Crippen molar-refractivity contribution in [2.75, 3.05) is 18.9 Å². The molecule has 1 amide bonds. The maximum absolute atomic E-state index is 12.0. The zero-order valence-corrected chi connectivity index (χ0v) is 14.0. The molecule has 1 aliphatic rings. The molecule has 1 aromatic carbocycles. The molecule has 4 rings (SSSR count). The second kappa shape index (κ2) is 6.51. The summed E-state index contributed by atoms with van der Waals surface area (Å²) in [5.74, 6) is 0.593. The minimum atomic E-state index is -0.313. The van der Waals surface area contributed by atoms with Crippen LogP contribution in [-0.2, 0) is 12.8 Å². The van der Waals surface area contributed by atoms with E-state index in [4.69, 9.17) is 10.5 Å². The molecule has 134 valence electrons. The summed E-state index contributed by atoms with van der Waals surface area (Å²) in [6.45, 7) is 0.755. The summed E-state index contributed by atoms with van der Waals surface area (Å²) in [5.41, 5.74) is 7.83. The van der Waals surface area contributed by atoms with Gasteiger partial charge in [-0.3, -0.25) is 19.8 Å². The van der Waals surface area contributed by atoms with E-state index in [9.17, 15) is 9.59 Å². The normalized spacial score (nSPS) is 13.8. The lowest BCUT2D eigenvalue weighted by Crippen LogP contribution is -2.25. The van der Waals surface area contributed by atoms with Gasteiger partial charge in [0.05, 0.1) is 17.4 Å². The number of nitrogens with one attached hydrogen (secondary N) is 3. The van der Waals surface area contributed by atoms with Gasteiger partial charge in [-0.1, -0.05) is 6.07 Å². The van der Waals surface area contributed by atoms with Crippen LogP contribution >= 0.6 is 0 Å². The number of H-pyrrole nitrogens is 2. The maximum atomic E-state index is 12.0. The molecule has 0 aliphatic carbocycles. The summed E-state index contributed by atoms with van der Waals surface area (Å²) in [7, 11) is 0. The summed E-state index contributed by atoms with van der Waals surface area (Å²) in [6, 6.07) is 5.74. The number of aryl methyl sites for hydroxylation is 2. The molecular formula is C17H18N6O3. The van der Waals surface area contributed by atoms with Crippen LogP contribution in [-0.4, -0.2) is 39.2 Å². The van der Waals surface area contributed by atoms with Crippen LogP contribution in [0.15, 0.2) is 23.0 Å². The second-order valence-corrected chi connectivity index (χ2v) is 6.12. The van der Waals surface area contributed by atoms with Crippen LogP contribution in [0, 0.1) is 0 Å². The van der Waals surface area contributed by atoms with Crippen LogP contribution in [0.4, 0.5) is 5.82 Å². The number of carbonyl (C=O) groups excluding carboxylic acids is 1. The van der Waals surface area contributed by atoms with Gasteiger partial charge in [0, 0.05) is 6.42 Å². The molecule has 0 saturated heterocycles. The smallest absolute Gasteiger partial charge is 0.271 e. The Morgan fingerprint density at radius 2 is 2.04 bits per heavy atom. The molecule has 3 aromatic rings. The van der Waals surface area contributed by atoms with Gasteiger partial charge in [0.1, 0.15) is 23.8 Å². The van der Waals surface area contributed by atoms with E-state index in [0.29, 0.717) is 30.8 Å². The highest BCUT2D eigenvalue weighted by atomic mass is 16.5. The minimum Gasteiger partial charge on any atom is -0.475 e. The number of nitrogens with zero attached hydrogens (tertiary/aromatic N) is 2. The molecule has 0 atom stereocenters. The van der Waals surface area contributed by atoms with Gasteiger partial charge in [-0.05, 0) is 30.5 Å². The first-order valence-corrected chi connectivity index (χ1v) is 8.38. The summed E-state index contributed by atoms with van der Waals surface area (Å²) in [4.78, 5) is 32.2. The van der Waals surface area contributed by atoms with E-state index in [2.05, 4.69) is 25.5 Å². The number of benzene rings is 1. The highest BCUT2D eigenvalue weighted by Gasteiger charge is 2.23. The summed E-state index contributed by atoms with van der Waals surface area (Å²) in [5, 5.41) is 8.73. The standard InChI is InChI=1S/C17H18N6O3/c18-14-13-16(25)19-6-7-26-17(13)21-12(20-14)3-1-2-9-4-5-11-10(8-9)15(24)23-22-11/h4-5,8H,1-3,6-7H2,(H,19,25)(H2,18,20,21)(H2,22,23,24). The van der Waals surface area contributed by atoms with Crippen LogP contribution in [0.1, 0.15) is 28.2 Å². The lowest BCUT2D eigenvalue weighted by molar-refractivity contribution is 0.0957. The number of nitrogens with two attached hydrogens (primary N) is 1. The third-order valence-electron chi connectivity index (χ3n) is 4.31. The fraction of sp³-hybridized carbons (Fsp3) is 0.294. The zero-order valence-electron chi connectivity index (χ0n) is 14.0. The van der Waals surface area contributed by atoms with Crippen LogP contribution in [0.5, 0.6) is 5.88 Å². The summed E-state index contributed by atoms with van der Waals surface area (Å²) < 4.78 is 5.50. The first-order chi connectivity index (χ1) is 12.6. The van der Waals surface area contributed by atoms with Crippen molar-refractivity contribution in [2.24, 2.45) is 0 Å². The molecule has 0 unspecified atom stereocenters. The van der Waals surface area contributed by atoms with Gasteiger partial charge in [-0.2, -0.15) is 4.98 Å². The van der Waals surface area contributed by atoms with E-state index in [0.717, 1.165) is 23.9 Å². The molecular weight excluding hydrogens is 336 g/mol. The topological polar surface area (TPSA) is 139 Å². The summed E-state index contributed by atoms with van der Waals surface area (Å²) in [6.07, 6.45) is 2.13. The Morgan fingerprint density at radius 1 is 1.15 bits per heavy atom. The number of fused-ring (bicyclic) bond motifs is 2. The Hall–Kier alpha value is -3.36. The van der Waals surface area contributed by atoms with Crippen molar-refractivity contribution in [3.63, 3.8) is 0 Å². The Morgan fingerprint density at radius 3 is 2.92 bits per heavy atom. The third-order valence-corrected chi connectivity index (χ3v) is 4.31. The van der Waals surface area contributed by atoms with Gasteiger partial charge in [0.25, 0.3) is 11.5 Å². The van der Waals surface area contributed by atoms with Crippen LogP contribution in [0.2, 0.25) is 0 Å². The van der Waals surface area contributed by atoms with Crippen molar-refractivity contribution < 1.29 is 9.53 Å². The number of hydrogen-bond acceptors (Lipinski definition) is 6. The number of carbonyl (C=O) groups is 1. The first kappa shape index (κ1) is 16.1. The fourth-order valence-corrected chi connectivity index (χ4v) is 3.02. The number of hydrogen-bond donors (Lipinski definition) is 4. The van der Waals surface area contributed by atoms with Gasteiger partial charge < -0.3 is 15.8 Å². The highest BCUT2D eigenvalue weighted by Crippen LogP contribution is 2.23. The van der Waals surface area contributed by atoms with Crippen molar-refractivity contribution in [3.8, 4) is 5.88 Å². The van der Waals surface area contributed by atoms with Gasteiger partial charge in [0.2, 0.25) is 5.88 Å². The molecule has 0 fully saturated rings. The van der Waals surface area contributed by atoms with E-state index in [1.54, 1.807) is 0 Å². The largest absolute Gasteiger partial charge is 0.475 e. The number of aromatic amines is 2. The van der Waals surface area contributed by atoms with Crippen molar-refractivity contribution >= 4 is 22.6 Å². The molecule has 26 heavy (non-hydrogen) atoms. The molecule has 3 heterocycles. The van der Waals surface area contributed by atoms with Crippen LogP contribution in [0.3, 0.4) is 0 Å². The molecule has 5 N–H and O–H groups in total. The number of nitrogen functional groups attached to an aromatic ring is 1. The number of ether oxygens (including phenoxy) is 1. The van der Waals surface area contributed by atoms with Crippen molar-refractivity contribution in [3.05, 3.63) is 45.5 Å². The molecule has 0 saturated carbocycles. The number of aromatic nitrogens is 4. The van der Waals surface area contributed by atoms with Crippen molar-refractivity contribution in [1.82, 2.24) is 25.5 Å². The molecule has 2 aromatic heterocycles. The van der Waals surface area contributed by atoms with Crippen LogP contribution in [0.25, 0.3) is 10.9 Å². The van der Waals surface area contributed by atoms with Gasteiger partial charge in [0.15, 0.2) is 0 Å². The SMILES string of the molecule is Nc1nc(CCCc2ccc3[nH][nH]c(=O)c3c2)nc2c1C(=O)NCCO2. The average Bonchev–Trinajstić information content (AvgIpc) is 2.87. The molecule has 0 bridgehead atoms. The quantitative estimate of drug-likeness (QED) is 0.539. The Bertz CT molecular complexity index is 1040. The molecule has 0 spiro atoms. The van der Waals surface area contributed by atoms with Crippen LogP contribution < -0.4 is 21.3 Å². The Kier molecular flexibility index (Phi) is 4.04. The van der Waals surface area contributed by atoms with E-state index in [1.165, 1.54) is 0 Å². The van der Waals surface area contributed by atoms with Gasteiger partial charge in [-0.15, -0.1) is 0 Å². The predicted octanol–water partition coefficient (Wildman–Crippen LogP) is 0.526. The monoisotopic (exact) mass is 354 g/mol. The number of amides is 1. The van der Waals surface area contributed by atoms with Crippen molar-refractivity contribution in [2.45, 2.75) is 19.3 Å². The predicted molar refractivity (Wildman–Crippen MR) is 95.2 cm³/mol. The molecule has 1 aliphatic heterocycles. The summed E-state index contributed by atoms with van der Waals surface area (Å²) >= 11 is 0. The maximum Gasteiger partial charge on any atom is 0.271 e.